The Balaban J connectivity index is 1.63. The zero-order valence-electron chi connectivity index (χ0n) is 17.0. The van der Waals surface area contributed by atoms with Crippen LogP contribution in [0.15, 0.2) is 42.5 Å². The topological polar surface area (TPSA) is 84.9 Å². The summed E-state index contributed by atoms with van der Waals surface area (Å²) >= 11 is 0. The second-order valence-electron chi connectivity index (χ2n) is 7.16. The van der Waals surface area contributed by atoms with Crippen molar-refractivity contribution in [2.75, 3.05) is 23.9 Å². The number of amides is 2. The number of hydrogen-bond donors (Lipinski definition) is 1. The molecule has 0 radical (unpaired) electrons. The van der Waals surface area contributed by atoms with Crippen LogP contribution >= 0.6 is 0 Å². The van der Waals surface area contributed by atoms with Gasteiger partial charge in [0, 0.05) is 18.7 Å². The number of carbonyl (C=O) groups is 3. The van der Waals surface area contributed by atoms with Crippen LogP contribution in [0.4, 0.5) is 15.8 Å². The average Bonchev–Trinajstić information content (AvgIpc) is 3.09. The van der Waals surface area contributed by atoms with E-state index in [2.05, 4.69) is 5.32 Å². The largest absolute Gasteiger partial charge is 0.495 e. The molecular weight excluding hydrogens is 391 g/mol. The molecule has 2 aromatic carbocycles. The zero-order valence-corrected chi connectivity index (χ0v) is 17.0. The normalized spacial score (nSPS) is 16.9. The highest BCUT2D eigenvalue weighted by molar-refractivity contribution is 6.01. The maximum Gasteiger partial charge on any atom is 0.312 e. The van der Waals surface area contributed by atoms with Crippen LogP contribution in [-0.2, 0) is 19.1 Å². The van der Waals surface area contributed by atoms with Crippen LogP contribution in [0.3, 0.4) is 0 Å². The highest BCUT2D eigenvalue weighted by Gasteiger charge is 2.38. The number of ether oxygens (including phenoxy) is 2. The van der Waals surface area contributed by atoms with E-state index in [1.807, 2.05) is 19.1 Å². The van der Waals surface area contributed by atoms with Crippen molar-refractivity contribution in [3.05, 3.63) is 53.8 Å². The molecule has 0 spiro atoms. The molecule has 1 N–H and O–H groups in total. The molecule has 1 fully saturated rings. The minimum Gasteiger partial charge on any atom is -0.495 e. The Kier molecular flexibility index (Phi) is 6.34. The Hall–Kier alpha value is -3.42. The van der Waals surface area contributed by atoms with Crippen LogP contribution in [0.5, 0.6) is 5.75 Å². The van der Waals surface area contributed by atoms with Gasteiger partial charge >= 0.3 is 5.97 Å². The molecule has 0 saturated carbocycles. The first kappa shape index (κ1) is 21.3. The van der Waals surface area contributed by atoms with E-state index in [0.29, 0.717) is 11.4 Å². The lowest BCUT2D eigenvalue weighted by molar-refractivity contribution is -0.157. The summed E-state index contributed by atoms with van der Waals surface area (Å²) in [5.41, 5.74) is 1.80. The highest BCUT2D eigenvalue weighted by Crippen LogP contribution is 2.34. The van der Waals surface area contributed by atoms with E-state index >= 15 is 0 Å². The van der Waals surface area contributed by atoms with Gasteiger partial charge in [0.25, 0.3) is 5.91 Å². The lowest BCUT2D eigenvalue weighted by atomic mass is 10.1. The maximum atomic E-state index is 13.2. The van der Waals surface area contributed by atoms with Crippen molar-refractivity contribution in [1.29, 1.82) is 0 Å². The number of nitrogens with one attached hydrogen (secondary N) is 1. The van der Waals surface area contributed by atoms with Crippen LogP contribution in [0.2, 0.25) is 0 Å². The van der Waals surface area contributed by atoms with Crippen LogP contribution in [0.25, 0.3) is 0 Å². The summed E-state index contributed by atoms with van der Waals surface area (Å²) in [6.07, 6.45) is -1.12. The average molecular weight is 414 g/mol. The minimum absolute atomic E-state index is 0.0197. The molecular formula is C22H23FN2O5. The van der Waals surface area contributed by atoms with Crippen LogP contribution in [-0.4, -0.2) is 37.5 Å². The molecule has 0 aromatic heterocycles. The number of carbonyl (C=O) groups excluding carboxylic acids is 3. The van der Waals surface area contributed by atoms with Crippen molar-refractivity contribution in [3.63, 3.8) is 0 Å². The molecule has 0 aliphatic carbocycles. The van der Waals surface area contributed by atoms with Crippen molar-refractivity contribution in [3.8, 4) is 5.75 Å². The predicted octanol–water partition coefficient (Wildman–Crippen LogP) is 3.07. The van der Waals surface area contributed by atoms with Crippen molar-refractivity contribution in [1.82, 2.24) is 0 Å². The quantitative estimate of drug-likeness (QED) is 0.735. The summed E-state index contributed by atoms with van der Waals surface area (Å²) in [6.45, 7) is 3.45. The maximum absolute atomic E-state index is 13.2. The second kappa shape index (κ2) is 8.94. The van der Waals surface area contributed by atoms with E-state index in [1.165, 1.54) is 37.1 Å². The first-order valence-electron chi connectivity index (χ1n) is 9.50. The Morgan fingerprint density at radius 2 is 2.00 bits per heavy atom. The highest BCUT2D eigenvalue weighted by atomic mass is 19.1. The molecule has 0 unspecified atom stereocenters. The molecule has 1 aliphatic rings. The lowest BCUT2D eigenvalue weighted by Crippen LogP contribution is -2.33. The number of benzene rings is 2. The fourth-order valence-corrected chi connectivity index (χ4v) is 3.24. The molecule has 158 valence electrons. The summed E-state index contributed by atoms with van der Waals surface area (Å²) < 4.78 is 23.8. The molecule has 1 aliphatic heterocycles. The van der Waals surface area contributed by atoms with E-state index in [9.17, 15) is 18.8 Å². The van der Waals surface area contributed by atoms with Gasteiger partial charge in [-0.2, -0.15) is 0 Å². The number of nitrogens with zero attached hydrogens (tertiary/aromatic N) is 1. The molecule has 2 amide bonds. The van der Waals surface area contributed by atoms with Gasteiger partial charge in [-0.05, 0) is 49.7 Å². The van der Waals surface area contributed by atoms with E-state index in [-0.39, 0.29) is 24.6 Å². The van der Waals surface area contributed by atoms with Gasteiger partial charge in [0.15, 0.2) is 6.10 Å². The lowest BCUT2D eigenvalue weighted by Gasteiger charge is -2.20. The smallest absolute Gasteiger partial charge is 0.312 e. The zero-order chi connectivity index (χ0) is 21.8. The van der Waals surface area contributed by atoms with E-state index < -0.39 is 29.7 Å². The number of rotatable bonds is 6. The fourth-order valence-electron chi connectivity index (χ4n) is 3.24. The standard InChI is InChI=1S/C22H23FN2O5/c1-13-7-8-19(29-3)18(9-13)25-12-15(10-20(25)26)22(28)30-14(2)21(27)24-17-6-4-5-16(23)11-17/h4-9,11,14-15H,10,12H2,1-3H3,(H,24,27)/t14-,15-/m0/s1. The number of methoxy groups -OCH3 is 1. The first-order chi connectivity index (χ1) is 14.3. The van der Waals surface area contributed by atoms with Crippen LogP contribution in [0.1, 0.15) is 18.9 Å². The minimum atomic E-state index is -1.10. The Morgan fingerprint density at radius 1 is 1.23 bits per heavy atom. The van der Waals surface area contributed by atoms with Gasteiger partial charge in [-0.1, -0.05) is 12.1 Å². The molecule has 30 heavy (non-hydrogen) atoms. The summed E-state index contributed by atoms with van der Waals surface area (Å²) in [6, 6.07) is 10.9. The van der Waals surface area contributed by atoms with Gasteiger partial charge in [-0.25, -0.2) is 4.39 Å². The summed E-state index contributed by atoms with van der Waals surface area (Å²) in [4.78, 5) is 38.8. The van der Waals surface area contributed by atoms with Crippen LogP contribution < -0.4 is 15.0 Å². The molecule has 2 atom stereocenters. The Bertz CT molecular complexity index is 978. The summed E-state index contributed by atoms with van der Waals surface area (Å²) in [7, 11) is 1.51. The molecule has 8 heteroatoms. The van der Waals surface area contributed by atoms with Gasteiger partial charge in [-0.3, -0.25) is 14.4 Å². The number of halogens is 1. The molecule has 1 heterocycles. The van der Waals surface area contributed by atoms with Gasteiger partial charge in [0.1, 0.15) is 11.6 Å². The SMILES string of the molecule is COc1ccc(C)cc1N1C[C@@H](C(=O)O[C@@H](C)C(=O)Nc2cccc(F)c2)CC1=O. The van der Waals surface area contributed by atoms with Crippen molar-refractivity contribution in [2.24, 2.45) is 5.92 Å². The summed E-state index contributed by atoms with van der Waals surface area (Å²) in [5, 5.41) is 2.49. The van der Waals surface area contributed by atoms with E-state index in [4.69, 9.17) is 9.47 Å². The van der Waals surface area contributed by atoms with Gasteiger partial charge in [0.05, 0.1) is 18.7 Å². The third kappa shape index (κ3) is 4.76. The number of aryl methyl sites for hydroxylation is 1. The summed E-state index contributed by atoms with van der Waals surface area (Å²) in [5.74, 6) is -2.11. The predicted molar refractivity (Wildman–Crippen MR) is 109 cm³/mol. The van der Waals surface area contributed by atoms with Gasteiger partial charge in [0.2, 0.25) is 5.91 Å². The monoisotopic (exact) mass is 414 g/mol. The van der Waals surface area contributed by atoms with Crippen molar-refractivity contribution in [2.45, 2.75) is 26.4 Å². The molecule has 0 bridgehead atoms. The molecule has 1 saturated heterocycles. The second-order valence-corrected chi connectivity index (χ2v) is 7.16. The Morgan fingerprint density at radius 3 is 2.70 bits per heavy atom. The van der Waals surface area contributed by atoms with Crippen LogP contribution in [0, 0.1) is 18.7 Å². The van der Waals surface area contributed by atoms with Crippen molar-refractivity contribution < 1.29 is 28.2 Å². The number of esters is 1. The molecule has 2 aromatic rings. The van der Waals surface area contributed by atoms with E-state index in [1.54, 1.807) is 6.07 Å². The third-order valence-corrected chi connectivity index (χ3v) is 4.84. The number of hydrogen-bond acceptors (Lipinski definition) is 5. The van der Waals surface area contributed by atoms with Gasteiger partial charge < -0.3 is 19.7 Å². The third-order valence-electron chi connectivity index (χ3n) is 4.84. The first-order valence-corrected chi connectivity index (χ1v) is 9.50. The van der Waals surface area contributed by atoms with E-state index in [0.717, 1.165) is 11.6 Å². The number of anilines is 2. The fraction of sp³-hybridized carbons (Fsp3) is 0.318. The Labute approximate surface area is 173 Å². The molecule has 3 rings (SSSR count). The molecule has 7 nitrogen and oxygen atoms in total. The van der Waals surface area contributed by atoms with Gasteiger partial charge in [-0.15, -0.1) is 0 Å². The van der Waals surface area contributed by atoms with Crippen molar-refractivity contribution >= 4 is 29.2 Å².